The Balaban J connectivity index is 3.27. The largest absolute Gasteiger partial charge is 0.496 e. The Bertz CT molecular complexity index is 435. The normalized spacial score (nSPS) is 14.9. The Morgan fingerprint density at radius 1 is 1.30 bits per heavy atom. The molecule has 0 fully saturated rings. The van der Waals surface area contributed by atoms with Crippen molar-refractivity contribution >= 4 is 15.9 Å². The van der Waals surface area contributed by atoms with Gasteiger partial charge in [0.1, 0.15) is 10.8 Å². The first kappa shape index (κ1) is 17.3. The van der Waals surface area contributed by atoms with Crippen molar-refractivity contribution in [3.63, 3.8) is 0 Å². The summed E-state index contributed by atoms with van der Waals surface area (Å²) in [7, 11) is 1.19. The van der Waals surface area contributed by atoms with Crippen molar-refractivity contribution in [3.8, 4) is 5.75 Å². The molecular weight excluding hydrogens is 341 g/mol. The molecule has 0 aliphatic rings. The molecule has 0 aromatic heterocycles. The Labute approximate surface area is 124 Å². The zero-order chi connectivity index (χ0) is 15.3. The molecule has 3 nitrogen and oxygen atoms in total. The SMILES string of the molecule is CCOC(OC(C)Br)c1cccc(C(F)(F)F)c1OC. The van der Waals surface area contributed by atoms with Gasteiger partial charge in [0.2, 0.25) is 0 Å². The molecular formula is C13H16BrF3O3. The van der Waals surface area contributed by atoms with Gasteiger partial charge < -0.3 is 14.2 Å². The summed E-state index contributed by atoms with van der Waals surface area (Å²) in [5, 5.41) is -0.377. The van der Waals surface area contributed by atoms with Crippen LogP contribution in [-0.4, -0.2) is 18.7 Å². The molecule has 1 rings (SSSR count). The number of hydrogen-bond acceptors (Lipinski definition) is 3. The Morgan fingerprint density at radius 2 is 1.95 bits per heavy atom. The van der Waals surface area contributed by atoms with Crippen LogP contribution in [0.3, 0.4) is 0 Å². The van der Waals surface area contributed by atoms with Gasteiger partial charge in [-0.05, 0) is 19.9 Å². The number of hydrogen-bond donors (Lipinski definition) is 0. The lowest BCUT2D eigenvalue weighted by Crippen LogP contribution is -2.16. The molecule has 20 heavy (non-hydrogen) atoms. The molecule has 2 unspecified atom stereocenters. The molecule has 0 bridgehead atoms. The fraction of sp³-hybridized carbons (Fsp3) is 0.538. The van der Waals surface area contributed by atoms with E-state index in [1.165, 1.54) is 19.2 Å². The van der Waals surface area contributed by atoms with Crippen molar-refractivity contribution < 1.29 is 27.4 Å². The van der Waals surface area contributed by atoms with Crippen LogP contribution in [-0.2, 0) is 15.7 Å². The van der Waals surface area contributed by atoms with Crippen LogP contribution in [0.25, 0.3) is 0 Å². The van der Waals surface area contributed by atoms with Crippen molar-refractivity contribution in [2.24, 2.45) is 0 Å². The third-order valence-electron chi connectivity index (χ3n) is 2.44. The fourth-order valence-electron chi connectivity index (χ4n) is 1.72. The first-order valence-electron chi connectivity index (χ1n) is 5.96. The van der Waals surface area contributed by atoms with Crippen molar-refractivity contribution in [1.82, 2.24) is 0 Å². The van der Waals surface area contributed by atoms with E-state index < -0.39 is 18.0 Å². The third kappa shape index (κ3) is 4.36. The highest BCUT2D eigenvalue weighted by Gasteiger charge is 2.36. The second kappa shape index (κ2) is 7.28. The number of para-hydroxylation sites is 1. The van der Waals surface area contributed by atoms with Crippen LogP contribution in [0, 0.1) is 0 Å². The minimum atomic E-state index is -4.50. The van der Waals surface area contributed by atoms with Crippen LogP contribution < -0.4 is 4.74 Å². The van der Waals surface area contributed by atoms with Crippen LogP contribution in [0.1, 0.15) is 31.3 Å². The summed E-state index contributed by atoms with van der Waals surface area (Å²) in [4.78, 5) is 0. The zero-order valence-corrected chi connectivity index (χ0v) is 12.9. The average molecular weight is 357 g/mol. The summed E-state index contributed by atoms with van der Waals surface area (Å²) in [5.74, 6) is -0.286. The van der Waals surface area contributed by atoms with Crippen LogP contribution >= 0.6 is 15.9 Å². The molecule has 2 atom stereocenters. The lowest BCUT2D eigenvalue weighted by atomic mass is 10.1. The molecule has 0 aliphatic carbocycles. The maximum Gasteiger partial charge on any atom is 0.419 e. The summed E-state index contributed by atoms with van der Waals surface area (Å²) < 4.78 is 54.6. The highest BCUT2D eigenvalue weighted by molar-refractivity contribution is 9.09. The van der Waals surface area contributed by atoms with E-state index in [0.717, 1.165) is 6.07 Å². The smallest absolute Gasteiger partial charge is 0.419 e. The topological polar surface area (TPSA) is 27.7 Å². The van der Waals surface area contributed by atoms with E-state index in [0.29, 0.717) is 6.61 Å². The van der Waals surface area contributed by atoms with Crippen molar-refractivity contribution in [2.45, 2.75) is 31.3 Å². The van der Waals surface area contributed by atoms with E-state index >= 15 is 0 Å². The van der Waals surface area contributed by atoms with Gasteiger partial charge in [-0.15, -0.1) is 0 Å². The van der Waals surface area contributed by atoms with Gasteiger partial charge in [-0.2, -0.15) is 13.2 Å². The summed E-state index contributed by atoms with van der Waals surface area (Å²) in [6, 6.07) is 3.75. The van der Waals surface area contributed by atoms with E-state index in [1.807, 2.05) is 0 Å². The Hall–Kier alpha value is -0.790. The zero-order valence-electron chi connectivity index (χ0n) is 11.3. The average Bonchev–Trinajstić information content (AvgIpc) is 2.35. The van der Waals surface area contributed by atoms with Crippen LogP contribution in [0.2, 0.25) is 0 Å². The second-order valence-electron chi connectivity index (χ2n) is 3.89. The number of halogens is 4. The minimum absolute atomic E-state index is 0.204. The second-order valence-corrected chi connectivity index (χ2v) is 5.18. The predicted molar refractivity (Wildman–Crippen MR) is 71.8 cm³/mol. The number of rotatable bonds is 6. The minimum Gasteiger partial charge on any atom is -0.496 e. The maximum atomic E-state index is 13.0. The Morgan fingerprint density at radius 3 is 2.40 bits per heavy atom. The Kier molecular flexibility index (Phi) is 6.29. The van der Waals surface area contributed by atoms with Crippen LogP contribution in [0.15, 0.2) is 18.2 Å². The molecule has 7 heteroatoms. The quantitative estimate of drug-likeness (QED) is 0.554. The van der Waals surface area contributed by atoms with Gasteiger partial charge in [0.25, 0.3) is 0 Å². The van der Waals surface area contributed by atoms with Crippen molar-refractivity contribution in [1.29, 1.82) is 0 Å². The number of ether oxygens (including phenoxy) is 3. The standard InChI is InChI=1S/C13H16BrF3O3/c1-4-19-12(20-8(2)14)9-6-5-7-10(11(9)18-3)13(15,16)17/h5-8,12H,4H2,1-3H3. The van der Waals surface area contributed by atoms with Gasteiger partial charge in [0, 0.05) is 6.61 Å². The third-order valence-corrected chi connectivity index (χ3v) is 2.65. The number of methoxy groups -OCH3 is 1. The van der Waals surface area contributed by atoms with Gasteiger partial charge in [0.05, 0.1) is 18.2 Å². The summed E-state index contributed by atoms with van der Waals surface area (Å²) in [6.07, 6.45) is -5.44. The van der Waals surface area contributed by atoms with Gasteiger partial charge in [-0.1, -0.05) is 28.1 Å². The number of benzene rings is 1. The molecule has 0 heterocycles. The first-order valence-corrected chi connectivity index (χ1v) is 6.88. The molecule has 114 valence electrons. The first-order chi connectivity index (χ1) is 9.31. The molecule has 1 aromatic carbocycles. The highest BCUT2D eigenvalue weighted by Crippen LogP contribution is 2.41. The lowest BCUT2D eigenvalue weighted by molar-refractivity contribution is -0.150. The van der Waals surface area contributed by atoms with E-state index in [2.05, 4.69) is 15.9 Å². The summed E-state index contributed by atoms with van der Waals surface area (Å²) in [6.45, 7) is 3.73. The van der Waals surface area contributed by atoms with E-state index in [-0.39, 0.29) is 16.3 Å². The fourth-order valence-corrected chi connectivity index (χ4v) is 1.91. The monoisotopic (exact) mass is 356 g/mol. The predicted octanol–water partition coefficient (Wildman–Crippen LogP) is 4.51. The van der Waals surface area contributed by atoms with Gasteiger partial charge in [-0.3, -0.25) is 0 Å². The molecule has 0 spiro atoms. The molecule has 1 aromatic rings. The lowest BCUT2D eigenvalue weighted by Gasteiger charge is -2.23. The van der Waals surface area contributed by atoms with E-state index in [4.69, 9.17) is 14.2 Å². The van der Waals surface area contributed by atoms with Crippen LogP contribution in [0.4, 0.5) is 13.2 Å². The van der Waals surface area contributed by atoms with Gasteiger partial charge in [0.15, 0.2) is 6.29 Å². The van der Waals surface area contributed by atoms with E-state index in [1.54, 1.807) is 13.8 Å². The summed E-state index contributed by atoms with van der Waals surface area (Å²) in [5.41, 5.74) is -0.650. The highest BCUT2D eigenvalue weighted by atomic mass is 79.9. The molecule has 0 aliphatic heterocycles. The molecule has 0 radical (unpaired) electrons. The van der Waals surface area contributed by atoms with Crippen LogP contribution in [0.5, 0.6) is 5.75 Å². The maximum absolute atomic E-state index is 13.0. The molecule has 0 N–H and O–H groups in total. The van der Waals surface area contributed by atoms with Crippen molar-refractivity contribution in [3.05, 3.63) is 29.3 Å². The summed E-state index contributed by atoms with van der Waals surface area (Å²) >= 11 is 3.18. The van der Waals surface area contributed by atoms with Crippen molar-refractivity contribution in [2.75, 3.05) is 13.7 Å². The number of alkyl halides is 4. The molecule has 0 saturated heterocycles. The van der Waals surface area contributed by atoms with E-state index in [9.17, 15) is 13.2 Å². The van der Waals surface area contributed by atoms with Gasteiger partial charge in [-0.25, -0.2) is 0 Å². The molecule has 0 amide bonds. The van der Waals surface area contributed by atoms with Gasteiger partial charge >= 0.3 is 6.18 Å². The molecule has 0 saturated carbocycles.